The Morgan fingerprint density at radius 2 is 2.36 bits per heavy atom. The van der Waals surface area contributed by atoms with Gasteiger partial charge in [0.2, 0.25) is 0 Å². The SMILES string of the molecule is CNCC1(C(C)COC)CCCOC1. The normalized spacial score (nSPS) is 30.2. The number of methoxy groups -OCH3 is 1. The maximum absolute atomic E-state index is 5.61. The lowest BCUT2D eigenvalue weighted by atomic mass is 9.72. The van der Waals surface area contributed by atoms with Crippen LogP contribution in [-0.4, -0.2) is 40.5 Å². The lowest BCUT2D eigenvalue weighted by Crippen LogP contribution is -2.46. The molecule has 3 heteroatoms. The first kappa shape index (κ1) is 12.0. The van der Waals surface area contributed by atoms with Crippen LogP contribution >= 0.6 is 0 Å². The molecule has 0 radical (unpaired) electrons. The van der Waals surface area contributed by atoms with Gasteiger partial charge in [-0.1, -0.05) is 6.92 Å². The second kappa shape index (κ2) is 5.69. The minimum absolute atomic E-state index is 0.281. The third-order valence-corrected chi connectivity index (χ3v) is 3.34. The van der Waals surface area contributed by atoms with Gasteiger partial charge < -0.3 is 14.8 Å². The minimum atomic E-state index is 0.281. The van der Waals surface area contributed by atoms with E-state index in [4.69, 9.17) is 9.47 Å². The molecule has 2 atom stereocenters. The fraction of sp³-hybridized carbons (Fsp3) is 1.00. The van der Waals surface area contributed by atoms with Crippen LogP contribution in [0.15, 0.2) is 0 Å². The van der Waals surface area contributed by atoms with Gasteiger partial charge in [0.25, 0.3) is 0 Å². The number of ether oxygens (including phenoxy) is 2. The maximum Gasteiger partial charge on any atom is 0.0538 e. The Kier molecular flexibility index (Phi) is 4.85. The van der Waals surface area contributed by atoms with Crippen LogP contribution < -0.4 is 5.32 Å². The van der Waals surface area contributed by atoms with Crippen LogP contribution in [-0.2, 0) is 9.47 Å². The van der Waals surface area contributed by atoms with Crippen molar-refractivity contribution >= 4 is 0 Å². The fourth-order valence-electron chi connectivity index (χ4n) is 2.36. The Labute approximate surface area is 87.2 Å². The lowest BCUT2D eigenvalue weighted by Gasteiger charge is -2.41. The van der Waals surface area contributed by atoms with Crippen molar-refractivity contribution in [3.05, 3.63) is 0 Å². The Hall–Kier alpha value is -0.120. The van der Waals surface area contributed by atoms with Crippen molar-refractivity contribution in [3.8, 4) is 0 Å². The fourth-order valence-corrected chi connectivity index (χ4v) is 2.36. The minimum Gasteiger partial charge on any atom is -0.384 e. The smallest absolute Gasteiger partial charge is 0.0538 e. The Balaban J connectivity index is 2.58. The van der Waals surface area contributed by atoms with E-state index in [1.165, 1.54) is 12.8 Å². The summed E-state index contributed by atoms with van der Waals surface area (Å²) < 4.78 is 10.9. The molecule has 0 aromatic carbocycles. The van der Waals surface area contributed by atoms with E-state index < -0.39 is 0 Å². The van der Waals surface area contributed by atoms with Crippen LogP contribution in [0.3, 0.4) is 0 Å². The molecule has 0 bridgehead atoms. The van der Waals surface area contributed by atoms with Gasteiger partial charge in [-0.3, -0.25) is 0 Å². The Bertz CT molecular complexity index is 150. The average molecular weight is 201 g/mol. The average Bonchev–Trinajstić information content (AvgIpc) is 2.20. The van der Waals surface area contributed by atoms with Crippen LogP contribution in [0, 0.1) is 11.3 Å². The predicted molar refractivity (Wildman–Crippen MR) is 57.5 cm³/mol. The first-order valence-corrected chi connectivity index (χ1v) is 5.46. The topological polar surface area (TPSA) is 30.5 Å². The van der Waals surface area contributed by atoms with E-state index >= 15 is 0 Å². The summed E-state index contributed by atoms with van der Waals surface area (Å²) in [5.74, 6) is 0.556. The van der Waals surface area contributed by atoms with Gasteiger partial charge in [0.15, 0.2) is 0 Å². The van der Waals surface area contributed by atoms with E-state index in [1.54, 1.807) is 7.11 Å². The molecule has 1 heterocycles. The molecule has 3 nitrogen and oxygen atoms in total. The molecule has 0 amide bonds. The standard InChI is InChI=1S/C11H23NO2/c1-10(7-13-3)11(8-12-2)5-4-6-14-9-11/h10,12H,4-9H2,1-3H3. The number of hydrogen-bond acceptors (Lipinski definition) is 3. The maximum atomic E-state index is 5.61. The van der Waals surface area contributed by atoms with E-state index in [2.05, 4.69) is 12.2 Å². The second-order valence-electron chi connectivity index (χ2n) is 4.41. The summed E-state index contributed by atoms with van der Waals surface area (Å²) in [6, 6.07) is 0. The highest BCUT2D eigenvalue weighted by Gasteiger charge is 2.37. The summed E-state index contributed by atoms with van der Waals surface area (Å²) in [7, 11) is 3.78. The van der Waals surface area contributed by atoms with E-state index in [0.717, 1.165) is 26.4 Å². The summed E-state index contributed by atoms with van der Waals surface area (Å²) in [4.78, 5) is 0. The summed E-state index contributed by atoms with van der Waals surface area (Å²) in [5.41, 5.74) is 0.281. The van der Waals surface area contributed by atoms with Gasteiger partial charge >= 0.3 is 0 Å². The third kappa shape index (κ3) is 2.69. The summed E-state index contributed by atoms with van der Waals surface area (Å²) in [6.07, 6.45) is 2.42. The Morgan fingerprint density at radius 3 is 2.86 bits per heavy atom. The molecule has 1 aliphatic heterocycles. The van der Waals surface area contributed by atoms with Crippen molar-refractivity contribution in [3.63, 3.8) is 0 Å². The van der Waals surface area contributed by atoms with E-state index in [1.807, 2.05) is 7.05 Å². The van der Waals surface area contributed by atoms with E-state index in [9.17, 15) is 0 Å². The zero-order chi connectivity index (χ0) is 10.4. The first-order valence-electron chi connectivity index (χ1n) is 5.46. The van der Waals surface area contributed by atoms with Crippen LogP contribution in [0.25, 0.3) is 0 Å². The van der Waals surface area contributed by atoms with Crippen LogP contribution in [0.4, 0.5) is 0 Å². The molecule has 2 unspecified atom stereocenters. The highest BCUT2D eigenvalue weighted by atomic mass is 16.5. The number of hydrogen-bond donors (Lipinski definition) is 1. The van der Waals surface area contributed by atoms with Gasteiger partial charge in [-0.2, -0.15) is 0 Å². The summed E-state index contributed by atoms with van der Waals surface area (Å²) in [5, 5.41) is 3.28. The highest BCUT2D eigenvalue weighted by Crippen LogP contribution is 2.35. The predicted octanol–water partition coefficient (Wildman–Crippen LogP) is 1.29. The highest BCUT2D eigenvalue weighted by molar-refractivity contribution is 4.88. The monoisotopic (exact) mass is 201 g/mol. The van der Waals surface area contributed by atoms with Gasteiger partial charge in [-0.25, -0.2) is 0 Å². The molecule has 84 valence electrons. The largest absolute Gasteiger partial charge is 0.384 e. The summed E-state index contributed by atoms with van der Waals surface area (Å²) >= 11 is 0. The van der Waals surface area contributed by atoms with Crippen molar-refractivity contribution in [2.45, 2.75) is 19.8 Å². The molecule has 0 aromatic rings. The molecule has 0 saturated carbocycles. The van der Waals surface area contributed by atoms with E-state index in [-0.39, 0.29) is 5.41 Å². The zero-order valence-corrected chi connectivity index (χ0v) is 9.64. The van der Waals surface area contributed by atoms with Gasteiger partial charge in [0.05, 0.1) is 6.61 Å². The molecule has 1 aliphatic rings. The first-order chi connectivity index (χ1) is 6.75. The van der Waals surface area contributed by atoms with E-state index in [0.29, 0.717) is 5.92 Å². The molecule has 0 aromatic heterocycles. The zero-order valence-electron chi connectivity index (χ0n) is 9.64. The molecular weight excluding hydrogens is 178 g/mol. The van der Waals surface area contributed by atoms with Crippen molar-refractivity contribution in [1.29, 1.82) is 0 Å². The Morgan fingerprint density at radius 1 is 1.57 bits per heavy atom. The lowest BCUT2D eigenvalue weighted by molar-refractivity contribution is -0.0538. The van der Waals surface area contributed by atoms with Gasteiger partial charge in [0.1, 0.15) is 0 Å². The quantitative estimate of drug-likeness (QED) is 0.727. The van der Waals surface area contributed by atoms with Crippen LogP contribution in [0.5, 0.6) is 0 Å². The van der Waals surface area contributed by atoms with Gasteiger partial charge in [0, 0.05) is 32.3 Å². The molecular formula is C11H23NO2. The third-order valence-electron chi connectivity index (χ3n) is 3.34. The van der Waals surface area contributed by atoms with Crippen molar-refractivity contribution < 1.29 is 9.47 Å². The van der Waals surface area contributed by atoms with Crippen molar-refractivity contribution in [2.75, 3.05) is 40.5 Å². The molecule has 1 rings (SSSR count). The van der Waals surface area contributed by atoms with Crippen molar-refractivity contribution in [1.82, 2.24) is 5.32 Å². The van der Waals surface area contributed by atoms with Gasteiger partial charge in [-0.15, -0.1) is 0 Å². The molecule has 1 fully saturated rings. The molecule has 0 aliphatic carbocycles. The summed E-state index contributed by atoms with van der Waals surface area (Å²) in [6.45, 7) is 5.90. The van der Waals surface area contributed by atoms with Crippen molar-refractivity contribution in [2.24, 2.45) is 11.3 Å². The number of rotatable bonds is 5. The van der Waals surface area contributed by atoms with Crippen LogP contribution in [0.2, 0.25) is 0 Å². The van der Waals surface area contributed by atoms with Gasteiger partial charge in [-0.05, 0) is 25.8 Å². The molecule has 0 spiro atoms. The van der Waals surface area contributed by atoms with Crippen LogP contribution in [0.1, 0.15) is 19.8 Å². The molecule has 14 heavy (non-hydrogen) atoms. The second-order valence-corrected chi connectivity index (χ2v) is 4.41. The number of nitrogens with one attached hydrogen (secondary N) is 1. The molecule has 1 saturated heterocycles. The molecule has 1 N–H and O–H groups in total.